The fourth-order valence-electron chi connectivity index (χ4n) is 2.23. The number of oxime groups is 1. The summed E-state index contributed by atoms with van der Waals surface area (Å²) in [7, 11) is 1.56. The van der Waals surface area contributed by atoms with E-state index >= 15 is 0 Å². The third-order valence-electron chi connectivity index (χ3n) is 3.61. The molecule has 24 heavy (non-hydrogen) atoms. The van der Waals surface area contributed by atoms with E-state index in [1.807, 2.05) is 32.0 Å². The Morgan fingerprint density at radius 3 is 2.58 bits per heavy atom. The van der Waals surface area contributed by atoms with Crippen molar-refractivity contribution in [1.82, 2.24) is 0 Å². The van der Waals surface area contributed by atoms with E-state index in [9.17, 15) is 0 Å². The van der Waals surface area contributed by atoms with Crippen LogP contribution in [0.4, 0.5) is 0 Å². The zero-order valence-electron chi connectivity index (χ0n) is 13.9. The second kappa shape index (κ2) is 8.59. The maximum absolute atomic E-state index is 8.81. The lowest BCUT2D eigenvalue weighted by Crippen LogP contribution is -2.11. The van der Waals surface area contributed by atoms with Gasteiger partial charge in [0.1, 0.15) is 19.0 Å². The molecule has 2 aromatic rings. The Kier molecular flexibility index (Phi) is 6.49. The van der Waals surface area contributed by atoms with Crippen LogP contribution >= 0.6 is 15.9 Å². The number of nitrogens with zero attached hydrogens (tertiary/aromatic N) is 1. The molecule has 128 valence electrons. The van der Waals surface area contributed by atoms with Gasteiger partial charge in [-0.1, -0.05) is 33.2 Å². The molecule has 0 aromatic heterocycles. The number of hydrogen-bond acceptors (Lipinski definition) is 5. The summed E-state index contributed by atoms with van der Waals surface area (Å²) in [5.74, 6) is 1.90. The molecule has 0 amide bonds. The number of ether oxygens (including phenoxy) is 3. The highest BCUT2D eigenvalue weighted by molar-refractivity contribution is 9.10. The first-order valence-electron chi connectivity index (χ1n) is 7.43. The smallest absolute Gasteiger partial charge is 0.170 e. The number of rotatable bonds is 7. The molecule has 2 rings (SSSR count). The molecule has 0 aliphatic heterocycles. The summed E-state index contributed by atoms with van der Waals surface area (Å²) < 4.78 is 17.7. The predicted molar refractivity (Wildman–Crippen MR) is 97.0 cm³/mol. The van der Waals surface area contributed by atoms with Crippen LogP contribution in [0.2, 0.25) is 0 Å². The molecule has 0 atom stereocenters. The number of halogens is 1. The van der Waals surface area contributed by atoms with Gasteiger partial charge >= 0.3 is 0 Å². The van der Waals surface area contributed by atoms with Gasteiger partial charge < -0.3 is 19.4 Å². The molecular formula is C18H20BrNO4. The summed E-state index contributed by atoms with van der Waals surface area (Å²) in [5, 5.41) is 11.9. The molecule has 2 aromatic carbocycles. The lowest BCUT2D eigenvalue weighted by molar-refractivity contribution is 0.210. The Labute approximate surface area is 150 Å². The van der Waals surface area contributed by atoms with Crippen LogP contribution in [0.1, 0.15) is 16.7 Å². The van der Waals surface area contributed by atoms with Gasteiger partial charge in [-0.15, -0.1) is 0 Å². The summed E-state index contributed by atoms with van der Waals surface area (Å²) in [6.07, 6.45) is 1.30. The van der Waals surface area contributed by atoms with Crippen LogP contribution in [-0.4, -0.2) is 31.7 Å². The fourth-order valence-corrected chi connectivity index (χ4v) is 2.68. The van der Waals surface area contributed by atoms with Crippen molar-refractivity contribution in [3.05, 3.63) is 51.5 Å². The second-order valence-corrected chi connectivity index (χ2v) is 6.08. The molecular weight excluding hydrogens is 374 g/mol. The molecule has 0 aliphatic rings. The van der Waals surface area contributed by atoms with Crippen molar-refractivity contribution in [2.24, 2.45) is 5.16 Å². The Hall–Kier alpha value is -2.21. The SMILES string of the molecule is COc1cc(Br)cc(C=NO)c1OCCOc1cccc(C)c1C. The monoisotopic (exact) mass is 393 g/mol. The van der Waals surface area contributed by atoms with Gasteiger partial charge in [-0.25, -0.2) is 0 Å². The van der Waals surface area contributed by atoms with Crippen molar-refractivity contribution in [3.63, 3.8) is 0 Å². The van der Waals surface area contributed by atoms with Crippen LogP contribution in [0.15, 0.2) is 40.0 Å². The van der Waals surface area contributed by atoms with Crippen LogP contribution in [0, 0.1) is 13.8 Å². The van der Waals surface area contributed by atoms with Crippen molar-refractivity contribution in [1.29, 1.82) is 0 Å². The third-order valence-corrected chi connectivity index (χ3v) is 4.07. The van der Waals surface area contributed by atoms with E-state index < -0.39 is 0 Å². The number of aryl methyl sites for hydroxylation is 1. The molecule has 0 spiro atoms. The molecule has 0 radical (unpaired) electrons. The van der Waals surface area contributed by atoms with Gasteiger partial charge in [0.2, 0.25) is 0 Å². The van der Waals surface area contributed by atoms with Crippen molar-refractivity contribution >= 4 is 22.1 Å². The Bertz CT molecular complexity index is 731. The van der Waals surface area contributed by atoms with E-state index in [1.165, 1.54) is 11.8 Å². The van der Waals surface area contributed by atoms with Crippen molar-refractivity contribution in [3.8, 4) is 17.2 Å². The Morgan fingerprint density at radius 1 is 1.12 bits per heavy atom. The minimum Gasteiger partial charge on any atom is -0.493 e. The minimum atomic E-state index is 0.331. The van der Waals surface area contributed by atoms with E-state index in [-0.39, 0.29) is 0 Å². The molecule has 0 saturated heterocycles. The quantitative estimate of drug-likeness (QED) is 0.329. The summed E-state index contributed by atoms with van der Waals surface area (Å²) >= 11 is 3.38. The average Bonchev–Trinajstić information content (AvgIpc) is 2.56. The normalized spacial score (nSPS) is 10.8. The first kappa shape index (κ1) is 18.1. The summed E-state index contributed by atoms with van der Waals surface area (Å²) in [5.41, 5.74) is 2.91. The first-order chi connectivity index (χ1) is 11.6. The minimum absolute atomic E-state index is 0.331. The third kappa shape index (κ3) is 4.41. The van der Waals surface area contributed by atoms with Crippen LogP contribution in [0.25, 0.3) is 0 Å². The van der Waals surface area contributed by atoms with Crippen molar-refractivity contribution in [2.75, 3.05) is 20.3 Å². The van der Waals surface area contributed by atoms with Crippen LogP contribution in [-0.2, 0) is 0 Å². The molecule has 0 aliphatic carbocycles. The van der Waals surface area contributed by atoms with Crippen LogP contribution < -0.4 is 14.2 Å². The molecule has 5 nitrogen and oxygen atoms in total. The van der Waals surface area contributed by atoms with Gasteiger partial charge in [0.15, 0.2) is 11.5 Å². The number of benzene rings is 2. The lowest BCUT2D eigenvalue weighted by atomic mass is 10.1. The van der Waals surface area contributed by atoms with Gasteiger partial charge in [-0.05, 0) is 43.2 Å². The highest BCUT2D eigenvalue weighted by atomic mass is 79.9. The van der Waals surface area contributed by atoms with E-state index in [2.05, 4.69) is 21.1 Å². The Balaban J connectivity index is 2.05. The molecule has 0 unspecified atom stereocenters. The van der Waals surface area contributed by atoms with Gasteiger partial charge in [0.05, 0.1) is 13.3 Å². The van der Waals surface area contributed by atoms with E-state index in [0.717, 1.165) is 15.8 Å². The molecule has 0 fully saturated rings. The maximum atomic E-state index is 8.81. The predicted octanol–water partition coefficient (Wildman–Crippen LogP) is 4.34. The Morgan fingerprint density at radius 2 is 1.88 bits per heavy atom. The molecule has 0 heterocycles. The maximum Gasteiger partial charge on any atom is 0.170 e. The van der Waals surface area contributed by atoms with Gasteiger partial charge in [0, 0.05) is 10.0 Å². The zero-order valence-corrected chi connectivity index (χ0v) is 15.5. The standard InChI is InChI=1S/C18H20BrNO4/c1-12-5-4-6-16(13(12)2)23-7-8-24-18-14(11-20-21)9-15(19)10-17(18)22-3/h4-6,9-11,21H,7-8H2,1-3H3. The first-order valence-corrected chi connectivity index (χ1v) is 8.23. The van der Waals surface area contributed by atoms with Crippen molar-refractivity contribution < 1.29 is 19.4 Å². The molecule has 0 saturated carbocycles. The molecule has 6 heteroatoms. The summed E-state index contributed by atoms with van der Waals surface area (Å²) in [6.45, 7) is 4.79. The lowest BCUT2D eigenvalue weighted by Gasteiger charge is -2.15. The average molecular weight is 394 g/mol. The van der Waals surface area contributed by atoms with Gasteiger partial charge in [0.25, 0.3) is 0 Å². The van der Waals surface area contributed by atoms with E-state index in [1.54, 1.807) is 19.2 Å². The summed E-state index contributed by atoms with van der Waals surface area (Å²) in [6, 6.07) is 9.52. The summed E-state index contributed by atoms with van der Waals surface area (Å²) in [4.78, 5) is 0. The van der Waals surface area contributed by atoms with Crippen molar-refractivity contribution in [2.45, 2.75) is 13.8 Å². The fraction of sp³-hybridized carbons (Fsp3) is 0.278. The van der Waals surface area contributed by atoms with Crippen LogP contribution in [0.5, 0.6) is 17.2 Å². The highest BCUT2D eigenvalue weighted by Gasteiger charge is 2.12. The molecule has 1 N–H and O–H groups in total. The van der Waals surface area contributed by atoms with E-state index in [0.29, 0.717) is 30.3 Å². The second-order valence-electron chi connectivity index (χ2n) is 5.17. The van der Waals surface area contributed by atoms with E-state index in [4.69, 9.17) is 19.4 Å². The van der Waals surface area contributed by atoms with Crippen LogP contribution in [0.3, 0.4) is 0 Å². The number of methoxy groups -OCH3 is 1. The number of hydrogen-bond donors (Lipinski definition) is 1. The van der Waals surface area contributed by atoms with Gasteiger partial charge in [-0.3, -0.25) is 0 Å². The highest BCUT2D eigenvalue weighted by Crippen LogP contribution is 2.34. The largest absolute Gasteiger partial charge is 0.493 e. The topological polar surface area (TPSA) is 60.3 Å². The molecule has 0 bridgehead atoms. The van der Waals surface area contributed by atoms with Gasteiger partial charge in [-0.2, -0.15) is 0 Å². The zero-order chi connectivity index (χ0) is 17.5.